The summed E-state index contributed by atoms with van der Waals surface area (Å²) in [6.07, 6.45) is 3.29. The average molecular weight is 357 g/mol. The van der Waals surface area contributed by atoms with Gasteiger partial charge in [-0.05, 0) is 36.4 Å². The Morgan fingerprint density at radius 1 is 1.20 bits per heavy atom. The average Bonchev–Trinajstić information content (AvgIpc) is 3.30. The number of methoxy groups -OCH3 is 2. The largest absolute Gasteiger partial charge is 0.497 e. The quantitative estimate of drug-likeness (QED) is 0.482. The summed E-state index contributed by atoms with van der Waals surface area (Å²) in [7, 11) is 3.32. The Bertz CT molecular complexity index is 877. The normalized spacial score (nSPS) is 12.2. The molecule has 0 amide bonds. The van der Waals surface area contributed by atoms with E-state index in [0.29, 0.717) is 18.9 Å². The summed E-state index contributed by atoms with van der Waals surface area (Å²) in [5.74, 6) is 1.50. The molecule has 0 spiro atoms. The van der Waals surface area contributed by atoms with Crippen LogP contribution >= 0.6 is 11.3 Å². The van der Waals surface area contributed by atoms with Gasteiger partial charge in [-0.1, -0.05) is 0 Å². The fourth-order valence-corrected chi connectivity index (χ4v) is 3.06. The molecule has 0 aliphatic heterocycles. The lowest BCUT2D eigenvalue weighted by Crippen LogP contribution is -2.13. The van der Waals surface area contributed by atoms with Crippen molar-refractivity contribution in [2.45, 2.75) is 0 Å². The second-order valence-corrected chi connectivity index (χ2v) is 5.91. The Morgan fingerprint density at radius 3 is 2.72 bits per heavy atom. The highest BCUT2D eigenvalue weighted by atomic mass is 32.1. The third kappa shape index (κ3) is 4.26. The second kappa shape index (κ2) is 8.46. The zero-order chi connectivity index (χ0) is 17.5. The van der Waals surface area contributed by atoms with E-state index in [0.717, 1.165) is 21.8 Å². The van der Waals surface area contributed by atoms with E-state index in [1.54, 1.807) is 26.7 Å². The van der Waals surface area contributed by atoms with E-state index >= 15 is 0 Å². The van der Waals surface area contributed by atoms with Crippen molar-refractivity contribution in [3.05, 3.63) is 58.6 Å². The van der Waals surface area contributed by atoms with Crippen LogP contribution < -0.4 is 9.54 Å². The summed E-state index contributed by atoms with van der Waals surface area (Å²) in [6.45, 7) is 1.15. The molecule has 0 N–H and O–H groups in total. The number of aromatic nitrogens is 1. The van der Waals surface area contributed by atoms with Crippen LogP contribution in [0, 0.1) is 0 Å². The van der Waals surface area contributed by atoms with Gasteiger partial charge in [0.1, 0.15) is 11.5 Å². The van der Waals surface area contributed by atoms with Crippen molar-refractivity contribution in [3.63, 3.8) is 0 Å². The molecule has 3 rings (SSSR count). The molecule has 2 aromatic heterocycles. The van der Waals surface area contributed by atoms with Crippen molar-refractivity contribution < 1.29 is 13.9 Å². The summed E-state index contributed by atoms with van der Waals surface area (Å²) < 4.78 is 17.4. The summed E-state index contributed by atoms with van der Waals surface area (Å²) in [4.78, 5) is 5.36. The Kier molecular flexibility index (Phi) is 5.81. The third-order valence-corrected chi connectivity index (χ3v) is 4.31. The van der Waals surface area contributed by atoms with E-state index in [2.05, 4.69) is 10.1 Å². The molecule has 0 atom stereocenters. The second-order valence-electron chi connectivity index (χ2n) is 5.08. The van der Waals surface area contributed by atoms with E-state index in [9.17, 15) is 0 Å². The Hall–Kier alpha value is -2.64. The number of ether oxygens (including phenoxy) is 2. The van der Waals surface area contributed by atoms with E-state index in [4.69, 9.17) is 13.9 Å². The molecule has 0 bridgehead atoms. The topological polar surface area (TPSA) is 61.2 Å². The molecule has 0 unspecified atom stereocenters. The summed E-state index contributed by atoms with van der Waals surface area (Å²) >= 11 is 1.53. The molecule has 7 heteroatoms. The molecule has 6 nitrogen and oxygen atoms in total. The van der Waals surface area contributed by atoms with Gasteiger partial charge in [0.15, 0.2) is 0 Å². The van der Waals surface area contributed by atoms with E-state index in [1.807, 2.05) is 46.5 Å². The Morgan fingerprint density at radius 2 is 2.04 bits per heavy atom. The number of benzene rings is 1. The van der Waals surface area contributed by atoms with Crippen molar-refractivity contribution in [1.29, 1.82) is 0 Å². The van der Waals surface area contributed by atoms with Crippen LogP contribution in [0.15, 0.2) is 62.6 Å². The minimum Gasteiger partial charge on any atom is -0.497 e. The van der Waals surface area contributed by atoms with E-state index in [-0.39, 0.29) is 0 Å². The van der Waals surface area contributed by atoms with Crippen LogP contribution in [0.2, 0.25) is 0 Å². The number of furan rings is 1. The van der Waals surface area contributed by atoms with Gasteiger partial charge in [0.2, 0.25) is 4.80 Å². The zero-order valence-corrected chi connectivity index (χ0v) is 14.9. The van der Waals surface area contributed by atoms with Gasteiger partial charge >= 0.3 is 0 Å². The van der Waals surface area contributed by atoms with Crippen LogP contribution in [-0.4, -0.2) is 38.3 Å². The van der Waals surface area contributed by atoms with Crippen LogP contribution in [-0.2, 0) is 4.74 Å². The Balaban J connectivity index is 2.00. The molecule has 0 aliphatic rings. The van der Waals surface area contributed by atoms with Gasteiger partial charge in [-0.2, -0.15) is 5.10 Å². The first kappa shape index (κ1) is 17.2. The van der Waals surface area contributed by atoms with Gasteiger partial charge in [0.25, 0.3) is 0 Å². The fourth-order valence-electron chi connectivity index (χ4n) is 2.19. The maximum atomic E-state index is 5.32. The fraction of sp³-hybridized carbons (Fsp3) is 0.222. The van der Waals surface area contributed by atoms with E-state index < -0.39 is 0 Å². The summed E-state index contributed by atoms with van der Waals surface area (Å²) in [5, 5.41) is 6.58. The van der Waals surface area contributed by atoms with Gasteiger partial charge in [0.05, 0.1) is 38.4 Å². The van der Waals surface area contributed by atoms with Gasteiger partial charge in [-0.3, -0.25) is 4.99 Å². The first-order chi connectivity index (χ1) is 12.3. The molecule has 0 saturated carbocycles. The molecule has 1 aromatic carbocycles. The maximum absolute atomic E-state index is 5.32. The molecule has 0 radical (unpaired) electrons. The number of hydrogen-bond acceptors (Lipinski definition) is 6. The monoisotopic (exact) mass is 357 g/mol. The zero-order valence-electron chi connectivity index (χ0n) is 14.1. The van der Waals surface area contributed by atoms with Crippen LogP contribution in [0.3, 0.4) is 0 Å². The van der Waals surface area contributed by atoms with Crippen molar-refractivity contribution in [1.82, 2.24) is 4.68 Å². The smallest absolute Gasteiger partial charge is 0.206 e. The van der Waals surface area contributed by atoms with Crippen molar-refractivity contribution in [2.75, 3.05) is 27.4 Å². The first-order valence-corrected chi connectivity index (χ1v) is 8.62. The highest BCUT2D eigenvalue weighted by Crippen LogP contribution is 2.23. The lowest BCUT2D eigenvalue weighted by Gasteiger charge is -2.05. The predicted molar refractivity (Wildman–Crippen MR) is 98.3 cm³/mol. The van der Waals surface area contributed by atoms with Crippen molar-refractivity contribution >= 4 is 17.6 Å². The van der Waals surface area contributed by atoms with Crippen LogP contribution in [0.5, 0.6) is 5.75 Å². The van der Waals surface area contributed by atoms with Crippen LogP contribution in [0.25, 0.3) is 11.3 Å². The molecule has 2 heterocycles. The minimum atomic E-state index is 0.567. The highest BCUT2D eigenvalue weighted by molar-refractivity contribution is 7.07. The minimum absolute atomic E-state index is 0.567. The van der Waals surface area contributed by atoms with Gasteiger partial charge in [-0.25, -0.2) is 4.68 Å². The third-order valence-electron chi connectivity index (χ3n) is 3.46. The number of nitrogens with zero attached hydrogens (tertiary/aromatic N) is 3. The molecule has 0 fully saturated rings. The molecule has 0 saturated heterocycles. The van der Waals surface area contributed by atoms with Gasteiger partial charge in [-0.15, -0.1) is 11.3 Å². The molecule has 0 aliphatic carbocycles. The van der Waals surface area contributed by atoms with Gasteiger partial charge in [0, 0.05) is 18.1 Å². The summed E-state index contributed by atoms with van der Waals surface area (Å²) in [5.41, 5.74) is 1.98. The summed E-state index contributed by atoms with van der Waals surface area (Å²) in [6, 6.07) is 11.5. The van der Waals surface area contributed by atoms with Crippen molar-refractivity contribution in [2.24, 2.45) is 10.1 Å². The number of thiazole rings is 1. The highest BCUT2D eigenvalue weighted by Gasteiger charge is 2.08. The molecule has 3 aromatic rings. The number of rotatable bonds is 7. The molecule has 25 heavy (non-hydrogen) atoms. The molecular weight excluding hydrogens is 338 g/mol. The van der Waals surface area contributed by atoms with E-state index in [1.165, 1.54) is 11.3 Å². The molecular formula is C18H19N3O3S. The first-order valence-electron chi connectivity index (χ1n) is 7.74. The molecule has 130 valence electrons. The standard InChI is InChI=1S/C18H19N3O3S/c1-22-11-9-19-18-21(20-12-16-4-3-10-24-16)17(13-25-18)14-5-7-15(23-2)8-6-14/h3-8,10,12-13H,9,11H2,1-2H3/b19-18?,20-12+. The van der Waals surface area contributed by atoms with Crippen LogP contribution in [0.1, 0.15) is 5.76 Å². The van der Waals surface area contributed by atoms with Crippen LogP contribution in [0.4, 0.5) is 0 Å². The SMILES string of the molecule is COCCN=c1scc(-c2ccc(OC)cc2)n1/N=C/c1ccco1. The lowest BCUT2D eigenvalue weighted by molar-refractivity contribution is 0.207. The van der Waals surface area contributed by atoms with Crippen molar-refractivity contribution in [3.8, 4) is 17.0 Å². The van der Waals surface area contributed by atoms with Gasteiger partial charge < -0.3 is 13.9 Å². The maximum Gasteiger partial charge on any atom is 0.206 e. The lowest BCUT2D eigenvalue weighted by atomic mass is 10.2. The number of hydrogen-bond donors (Lipinski definition) is 0. The predicted octanol–water partition coefficient (Wildman–Crippen LogP) is 3.25. The Labute approximate surface area is 149 Å².